The predicted molar refractivity (Wildman–Crippen MR) is 156 cm³/mol. The third-order valence-corrected chi connectivity index (χ3v) is 6.25. The standard InChI is InChI=1S/C31H32N6O/c1-20-29(22-9-7-6-8-10-22)30-35-27(31(3,4)5)19-28(37(30)36-20)34-26-17-15-25(16-18-26)33-24-13-11-23(12-14-24)32-21(2)38/h6-19,33-34H,1-5H3,(H,32,38). The molecule has 5 aromatic rings. The normalized spacial score (nSPS) is 11.4. The number of hydrogen-bond donors (Lipinski definition) is 3. The molecule has 0 aliphatic carbocycles. The number of nitrogens with zero attached hydrogens (tertiary/aromatic N) is 3. The molecule has 2 heterocycles. The summed E-state index contributed by atoms with van der Waals surface area (Å²) < 4.78 is 1.90. The molecule has 7 heteroatoms. The molecule has 38 heavy (non-hydrogen) atoms. The van der Waals surface area contributed by atoms with Crippen molar-refractivity contribution in [2.75, 3.05) is 16.0 Å². The molecular formula is C31H32N6O. The van der Waals surface area contributed by atoms with Crippen molar-refractivity contribution < 1.29 is 4.79 Å². The van der Waals surface area contributed by atoms with Crippen LogP contribution in [-0.2, 0) is 10.2 Å². The first-order chi connectivity index (χ1) is 18.2. The summed E-state index contributed by atoms with van der Waals surface area (Å²) >= 11 is 0. The molecule has 0 bridgehead atoms. The largest absolute Gasteiger partial charge is 0.356 e. The van der Waals surface area contributed by atoms with Crippen molar-refractivity contribution in [2.45, 2.75) is 40.0 Å². The van der Waals surface area contributed by atoms with E-state index in [0.29, 0.717) is 0 Å². The Hall–Kier alpha value is -4.65. The Morgan fingerprint density at radius 3 is 1.89 bits per heavy atom. The second-order valence-corrected chi connectivity index (χ2v) is 10.4. The summed E-state index contributed by atoms with van der Waals surface area (Å²) in [5.41, 5.74) is 8.38. The van der Waals surface area contributed by atoms with Gasteiger partial charge in [0, 0.05) is 46.7 Å². The van der Waals surface area contributed by atoms with Crippen LogP contribution in [0.5, 0.6) is 0 Å². The van der Waals surface area contributed by atoms with E-state index in [1.165, 1.54) is 6.92 Å². The average Bonchev–Trinajstić information content (AvgIpc) is 3.22. The first-order valence-corrected chi connectivity index (χ1v) is 12.7. The minimum absolute atomic E-state index is 0.0866. The number of carbonyl (C=O) groups is 1. The van der Waals surface area contributed by atoms with Crippen molar-refractivity contribution in [3.63, 3.8) is 0 Å². The Morgan fingerprint density at radius 2 is 1.34 bits per heavy atom. The third kappa shape index (κ3) is 5.37. The van der Waals surface area contributed by atoms with E-state index in [2.05, 4.69) is 54.9 Å². The molecule has 5 rings (SSSR count). The van der Waals surface area contributed by atoms with Gasteiger partial charge in [0.25, 0.3) is 0 Å². The first kappa shape index (κ1) is 25.0. The van der Waals surface area contributed by atoms with Crippen molar-refractivity contribution in [3.8, 4) is 11.1 Å². The number of anilines is 5. The molecule has 0 aliphatic heterocycles. The highest BCUT2D eigenvalue weighted by atomic mass is 16.1. The molecular weight excluding hydrogens is 472 g/mol. The summed E-state index contributed by atoms with van der Waals surface area (Å²) in [7, 11) is 0. The summed E-state index contributed by atoms with van der Waals surface area (Å²) in [6, 6.07) is 28.1. The highest BCUT2D eigenvalue weighted by Gasteiger charge is 2.22. The predicted octanol–water partition coefficient (Wildman–Crippen LogP) is 7.45. The number of hydrogen-bond acceptors (Lipinski definition) is 5. The Kier molecular flexibility index (Phi) is 6.59. The smallest absolute Gasteiger partial charge is 0.221 e. The zero-order valence-corrected chi connectivity index (χ0v) is 22.3. The number of nitrogens with one attached hydrogen (secondary N) is 3. The molecule has 0 unspecified atom stereocenters. The van der Waals surface area contributed by atoms with Gasteiger partial charge in [0.1, 0.15) is 5.82 Å². The van der Waals surface area contributed by atoms with E-state index in [0.717, 1.165) is 56.7 Å². The van der Waals surface area contributed by atoms with Crippen molar-refractivity contribution in [1.29, 1.82) is 0 Å². The molecule has 0 fully saturated rings. The highest BCUT2D eigenvalue weighted by molar-refractivity contribution is 5.89. The van der Waals surface area contributed by atoms with Crippen LogP contribution >= 0.6 is 0 Å². The minimum atomic E-state index is -0.131. The van der Waals surface area contributed by atoms with Crippen LogP contribution in [0.1, 0.15) is 39.1 Å². The molecule has 0 radical (unpaired) electrons. The van der Waals surface area contributed by atoms with E-state index < -0.39 is 0 Å². The van der Waals surface area contributed by atoms with Crippen LogP contribution in [0.25, 0.3) is 16.8 Å². The number of aryl methyl sites for hydroxylation is 1. The van der Waals surface area contributed by atoms with Crippen molar-refractivity contribution in [2.24, 2.45) is 0 Å². The van der Waals surface area contributed by atoms with Gasteiger partial charge in [-0.2, -0.15) is 9.61 Å². The number of fused-ring (bicyclic) bond motifs is 1. The number of aromatic nitrogens is 3. The second kappa shape index (κ2) is 10.0. The SMILES string of the molecule is CC(=O)Nc1ccc(Nc2ccc(Nc3cc(C(C)(C)C)nc4c(-c5ccccc5)c(C)nn34)cc2)cc1. The van der Waals surface area contributed by atoms with Gasteiger partial charge >= 0.3 is 0 Å². The zero-order chi connectivity index (χ0) is 26.9. The number of benzene rings is 3. The van der Waals surface area contributed by atoms with Crippen molar-refractivity contribution >= 4 is 40.1 Å². The number of carbonyl (C=O) groups excluding carboxylic acids is 1. The summed E-state index contributed by atoms with van der Waals surface area (Å²) in [6.45, 7) is 10.0. The van der Waals surface area contributed by atoms with Gasteiger partial charge < -0.3 is 16.0 Å². The quantitative estimate of drug-likeness (QED) is 0.224. The molecule has 3 N–H and O–H groups in total. The Bertz CT molecular complexity index is 1580. The van der Waals surface area contributed by atoms with Crippen LogP contribution < -0.4 is 16.0 Å². The summed E-state index contributed by atoms with van der Waals surface area (Å²) in [6.07, 6.45) is 0. The lowest BCUT2D eigenvalue weighted by molar-refractivity contribution is -0.114. The molecule has 0 saturated carbocycles. The van der Waals surface area contributed by atoms with Crippen molar-refractivity contribution in [3.05, 3.63) is 96.3 Å². The lowest BCUT2D eigenvalue weighted by Crippen LogP contribution is -2.16. The van der Waals surface area contributed by atoms with Gasteiger partial charge in [0.15, 0.2) is 5.65 Å². The average molecular weight is 505 g/mol. The van der Waals surface area contributed by atoms with Crippen LogP contribution in [-0.4, -0.2) is 20.5 Å². The van der Waals surface area contributed by atoms with Gasteiger partial charge in [-0.25, -0.2) is 4.98 Å². The molecule has 0 saturated heterocycles. The molecule has 7 nitrogen and oxygen atoms in total. The fourth-order valence-corrected chi connectivity index (χ4v) is 4.33. The molecule has 0 aliphatic rings. The Morgan fingerprint density at radius 1 is 0.789 bits per heavy atom. The Labute approximate surface area is 222 Å². The lowest BCUT2D eigenvalue weighted by atomic mass is 9.92. The zero-order valence-electron chi connectivity index (χ0n) is 22.3. The topological polar surface area (TPSA) is 83.4 Å². The fraction of sp³-hybridized carbons (Fsp3) is 0.194. The summed E-state index contributed by atoms with van der Waals surface area (Å²) in [5.74, 6) is 0.774. The van der Waals surface area contributed by atoms with E-state index in [4.69, 9.17) is 10.1 Å². The van der Waals surface area contributed by atoms with E-state index in [-0.39, 0.29) is 11.3 Å². The van der Waals surface area contributed by atoms with Gasteiger partial charge in [0.2, 0.25) is 5.91 Å². The van der Waals surface area contributed by atoms with E-state index in [1.54, 1.807) is 0 Å². The Balaban J connectivity index is 1.44. The van der Waals surface area contributed by atoms with Crippen LogP contribution in [0.2, 0.25) is 0 Å². The molecule has 0 atom stereocenters. The highest BCUT2D eigenvalue weighted by Crippen LogP contribution is 2.33. The summed E-state index contributed by atoms with van der Waals surface area (Å²) in [4.78, 5) is 16.3. The minimum Gasteiger partial charge on any atom is -0.356 e. The van der Waals surface area contributed by atoms with E-state index in [9.17, 15) is 4.79 Å². The van der Waals surface area contributed by atoms with Gasteiger partial charge in [-0.15, -0.1) is 0 Å². The van der Waals surface area contributed by atoms with Gasteiger partial charge in [-0.05, 0) is 61.0 Å². The van der Waals surface area contributed by atoms with E-state index in [1.807, 2.05) is 78.2 Å². The fourth-order valence-electron chi connectivity index (χ4n) is 4.33. The van der Waals surface area contributed by atoms with Gasteiger partial charge in [-0.1, -0.05) is 51.1 Å². The molecule has 3 aromatic carbocycles. The maximum absolute atomic E-state index is 11.2. The van der Waals surface area contributed by atoms with Crippen LogP contribution in [0.3, 0.4) is 0 Å². The number of amides is 1. The third-order valence-electron chi connectivity index (χ3n) is 6.25. The van der Waals surface area contributed by atoms with Gasteiger partial charge in [0.05, 0.1) is 11.4 Å². The van der Waals surface area contributed by atoms with E-state index >= 15 is 0 Å². The maximum Gasteiger partial charge on any atom is 0.221 e. The molecule has 1 amide bonds. The first-order valence-electron chi connectivity index (χ1n) is 12.7. The van der Waals surface area contributed by atoms with Crippen LogP contribution in [0, 0.1) is 6.92 Å². The molecule has 192 valence electrons. The number of rotatable bonds is 6. The lowest BCUT2D eigenvalue weighted by Gasteiger charge is -2.20. The maximum atomic E-state index is 11.2. The van der Waals surface area contributed by atoms with Crippen LogP contribution in [0.15, 0.2) is 84.9 Å². The summed E-state index contributed by atoms with van der Waals surface area (Å²) in [5, 5.41) is 14.6. The molecule has 0 spiro atoms. The van der Waals surface area contributed by atoms with Crippen LogP contribution in [0.4, 0.5) is 28.6 Å². The monoisotopic (exact) mass is 504 g/mol. The van der Waals surface area contributed by atoms with Crippen molar-refractivity contribution in [1.82, 2.24) is 14.6 Å². The molecule has 2 aromatic heterocycles. The van der Waals surface area contributed by atoms with Gasteiger partial charge in [-0.3, -0.25) is 4.79 Å². The second-order valence-electron chi connectivity index (χ2n) is 10.4.